The number of nitrogens with zero attached hydrogens (tertiary/aromatic N) is 2. The van der Waals surface area contributed by atoms with Crippen LogP contribution in [0, 0.1) is 12.3 Å². The number of carbonyl (C=O) groups is 3. The van der Waals surface area contributed by atoms with Gasteiger partial charge in [0.1, 0.15) is 17.8 Å². The topological polar surface area (TPSA) is 92.7 Å². The summed E-state index contributed by atoms with van der Waals surface area (Å²) in [7, 11) is 2.04. The van der Waals surface area contributed by atoms with Gasteiger partial charge in [0, 0.05) is 59.7 Å². The van der Waals surface area contributed by atoms with Crippen molar-refractivity contribution in [1.29, 1.82) is 0 Å². The van der Waals surface area contributed by atoms with Gasteiger partial charge in [0.2, 0.25) is 17.7 Å². The van der Waals surface area contributed by atoms with E-state index < -0.39 is 17.5 Å². The second-order valence-electron chi connectivity index (χ2n) is 10.9. The van der Waals surface area contributed by atoms with Crippen molar-refractivity contribution < 1.29 is 40.5 Å². The monoisotopic (exact) mass is 571 g/mol. The van der Waals surface area contributed by atoms with E-state index in [9.17, 15) is 14.4 Å². The Kier molecular flexibility index (Phi) is 10.5. The molecule has 2 atom stereocenters. The number of nitrogens with one attached hydrogen (secondary N) is 2. The number of hydrogen-bond donors (Lipinski definition) is 2. The van der Waals surface area contributed by atoms with Gasteiger partial charge in [-0.2, -0.15) is 0 Å². The molecule has 3 amide bonds. The number of rotatable bonds is 8. The first kappa shape index (κ1) is 31.0. The number of aryl methyl sites for hydroxylation is 1. The summed E-state index contributed by atoms with van der Waals surface area (Å²) in [6.45, 7) is 14.0. The Morgan fingerprint density at radius 3 is 2.46 bits per heavy atom. The summed E-state index contributed by atoms with van der Waals surface area (Å²) in [5, 5.41) is 5.81. The van der Waals surface area contributed by atoms with Crippen LogP contribution in [-0.2, 0) is 46.5 Å². The summed E-state index contributed by atoms with van der Waals surface area (Å²) in [6, 6.07) is 4.84. The van der Waals surface area contributed by atoms with Crippen LogP contribution in [0.25, 0.3) is 10.4 Å². The van der Waals surface area contributed by atoms with E-state index in [1.165, 1.54) is 17.5 Å². The zero-order valence-electron chi connectivity index (χ0n) is 23.2. The molecule has 1 aliphatic heterocycles. The van der Waals surface area contributed by atoms with Crippen LogP contribution in [0.1, 0.15) is 68.5 Å². The van der Waals surface area contributed by atoms with Gasteiger partial charge in [-0.3, -0.25) is 14.4 Å². The molecule has 37 heavy (non-hydrogen) atoms. The third-order valence-electron chi connectivity index (χ3n) is 6.47. The Morgan fingerprint density at radius 1 is 1.24 bits per heavy atom. The molecule has 0 spiro atoms. The molecular formula is C27H44N4O4SV. The van der Waals surface area contributed by atoms with Crippen molar-refractivity contribution in [2.75, 3.05) is 6.54 Å². The predicted octanol–water partition coefficient (Wildman–Crippen LogP) is 4.50. The summed E-state index contributed by atoms with van der Waals surface area (Å²) in [6.07, 6.45) is 1.34. The maximum Gasteiger partial charge on any atom is 0.246 e. The molecule has 1 aromatic carbocycles. The molecule has 3 rings (SSSR count). The fraction of sp³-hybridized carbons (Fsp3) is 0.593. The molecule has 0 unspecified atom stereocenters. The van der Waals surface area contributed by atoms with Crippen molar-refractivity contribution in [3.05, 3.63) is 29.5 Å². The minimum absolute atomic E-state index is 0. The molecule has 1 aliphatic rings. The van der Waals surface area contributed by atoms with Crippen molar-refractivity contribution in [3.63, 3.8) is 0 Å². The number of benzene rings is 1. The molecule has 0 aliphatic carbocycles. The summed E-state index contributed by atoms with van der Waals surface area (Å²) < 4.78 is 8.21. The molecular weight excluding hydrogens is 527 g/mol. The van der Waals surface area contributed by atoms with E-state index in [1.54, 1.807) is 16.4 Å². The summed E-state index contributed by atoms with van der Waals surface area (Å²) in [5.41, 5.74) is 2.73. The molecule has 0 saturated carbocycles. The number of amides is 3. The van der Waals surface area contributed by atoms with Crippen LogP contribution >= 0.6 is 11.5 Å². The Bertz CT molecular complexity index is 1130. The zero-order chi connectivity index (χ0) is 26.8. The van der Waals surface area contributed by atoms with Crippen LogP contribution in [0.4, 0.5) is 0 Å². The van der Waals surface area contributed by atoms with Crippen molar-refractivity contribution in [2.45, 2.75) is 86.0 Å². The first-order valence-electron chi connectivity index (χ1n) is 12.6. The average molecular weight is 572 g/mol. The third-order valence-corrected chi connectivity index (χ3v) is 7.73. The second kappa shape index (κ2) is 12.5. The number of hydrogen-bond acceptors (Lipinski definition) is 5. The molecule has 0 bridgehead atoms. The Labute approximate surface area is 239 Å². The molecule has 2 aromatic rings. The first-order valence-corrected chi connectivity index (χ1v) is 13.3. The maximum absolute atomic E-state index is 13.4. The van der Waals surface area contributed by atoms with E-state index in [4.69, 9.17) is 4.74 Å². The number of ether oxygens (including phenoxy) is 1. The number of carbonyl (C=O) groups excluding carboxylic acids is 3. The van der Waals surface area contributed by atoms with E-state index in [0.29, 0.717) is 19.5 Å². The van der Waals surface area contributed by atoms with Crippen LogP contribution < -0.4 is 15.4 Å². The molecule has 10 heteroatoms. The van der Waals surface area contributed by atoms with Crippen LogP contribution in [0.3, 0.4) is 0 Å². The van der Waals surface area contributed by atoms with E-state index in [-0.39, 0.29) is 45.2 Å². The van der Waals surface area contributed by atoms with E-state index >= 15 is 0 Å². The van der Waals surface area contributed by atoms with Gasteiger partial charge < -0.3 is 24.2 Å². The van der Waals surface area contributed by atoms with Crippen LogP contribution in [0.15, 0.2) is 18.2 Å². The van der Waals surface area contributed by atoms with Crippen molar-refractivity contribution >= 4 is 29.3 Å². The van der Waals surface area contributed by atoms with Gasteiger partial charge in [-0.15, -0.1) is 0 Å². The Hall–Kier alpha value is -2.23. The van der Waals surface area contributed by atoms with Gasteiger partial charge in [-0.25, -0.2) is 0 Å². The molecule has 207 valence electrons. The minimum Gasteiger partial charge on any atom is -0.491 e. The summed E-state index contributed by atoms with van der Waals surface area (Å²) in [5.74, 6) is 0.0827. The van der Waals surface area contributed by atoms with Crippen molar-refractivity contribution in [3.8, 4) is 16.2 Å². The van der Waals surface area contributed by atoms with Crippen LogP contribution in [0.5, 0.6) is 5.75 Å². The molecule has 2 heterocycles. The molecule has 1 aromatic heterocycles. The van der Waals surface area contributed by atoms with Crippen molar-refractivity contribution in [1.82, 2.24) is 19.5 Å². The van der Waals surface area contributed by atoms with Crippen LogP contribution in [0.2, 0.25) is 0 Å². The molecule has 2 N–H and O–H groups in total. The average Bonchev–Trinajstić information content (AvgIpc) is 3.28. The van der Waals surface area contributed by atoms with Gasteiger partial charge >= 0.3 is 0 Å². The predicted molar refractivity (Wildman–Crippen MR) is 147 cm³/mol. The number of aromatic nitrogens is 1. The Balaban J connectivity index is 0.00000481. The first-order chi connectivity index (χ1) is 16.8. The van der Waals surface area contributed by atoms with Gasteiger partial charge in [-0.1, -0.05) is 44.4 Å². The third kappa shape index (κ3) is 7.42. The number of likely N-dealkylation sites (tertiary alicyclic amines) is 1. The molecule has 8 nitrogen and oxygen atoms in total. The summed E-state index contributed by atoms with van der Waals surface area (Å²) in [4.78, 5) is 41.2. The standard InChI is InChI=1S/C27H40N4O4S.V.2H2/c1-16(2)35-22-14-19(23-17(3)30(8)36-23)11-12-20(22)15-28-25(33)21-10-9-13-31(21)26(34)24(27(5,6)7)29-18(4)32;;;/h11-12,14,16,21,24H,9-10,13,15H2,1-8H3,(H,28,33)(H,29,32);;2*1H/t21-,24+;;;/m0.../s1. The largest absolute Gasteiger partial charge is 0.491 e. The maximum atomic E-state index is 13.4. The van der Waals surface area contributed by atoms with Gasteiger partial charge in [0.05, 0.1) is 11.0 Å². The zero-order valence-corrected chi connectivity index (χ0v) is 25.4. The fourth-order valence-corrected chi connectivity index (χ4v) is 5.33. The quantitative estimate of drug-likeness (QED) is 0.488. The van der Waals surface area contributed by atoms with E-state index in [1.807, 2.05) is 53.8 Å². The van der Waals surface area contributed by atoms with E-state index in [2.05, 4.69) is 27.6 Å². The van der Waals surface area contributed by atoms with Gasteiger partial charge in [0.15, 0.2) is 0 Å². The van der Waals surface area contributed by atoms with Crippen molar-refractivity contribution in [2.24, 2.45) is 12.5 Å². The fourth-order valence-electron chi connectivity index (χ4n) is 4.46. The second-order valence-corrected chi connectivity index (χ2v) is 12.0. The molecule has 1 fully saturated rings. The molecule has 1 radical (unpaired) electrons. The van der Waals surface area contributed by atoms with Gasteiger partial charge in [-0.05, 0) is 50.7 Å². The minimum atomic E-state index is -0.692. The SMILES string of the molecule is CC(=O)N[C@H](C(=O)N1CCC[C@H]1C(=O)NCc1ccc(-c2sn(C)c2C)cc1OC(C)C)C(C)(C)C.[HH].[HH].[V]. The summed E-state index contributed by atoms with van der Waals surface area (Å²) >= 11 is 1.69. The smallest absolute Gasteiger partial charge is 0.246 e. The van der Waals surface area contributed by atoms with Crippen LogP contribution in [-0.4, -0.2) is 51.3 Å². The van der Waals surface area contributed by atoms with E-state index in [0.717, 1.165) is 23.3 Å². The molecule has 1 saturated heterocycles. The normalized spacial score (nSPS) is 16.4. The van der Waals surface area contributed by atoms with Gasteiger partial charge in [0.25, 0.3) is 0 Å². The Morgan fingerprint density at radius 2 is 1.92 bits per heavy atom.